The van der Waals surface area contributed by atoms with Crippen LogP contribution in [-0.2, 0) is 10.2 Å². The third kappa shape index (κ3) is 3.44. The van der Waals surface area contributed by atoms with Crippen LogP contribution in [0.5, 0.6) is 11.5 Å². The summed E-state index contributed by atoms with van der Waals surface area (Å²) in [6.45, 7) is 2.45. The van der Waals surface area contributed by atoms with Crippen LogP contribution in [0, 0.1) is 22.7 Å². The third-order valence-electron chi connectivity index (χ3n) is 5.83. The molecule has 5 nitrogen and oxygen atoms in total. The van der Waals surface area contributed by atoms with Crippen LogP contribution >= 0.6 is 0 Å². The van der Waals surface area contributed by atoms with E-state index < -0.39 is 16.8 Å². The second kappa shape index (κ2) is 6.59. The van der Waals surface area contributed by atoms with Crippen LogP contribution in [0.15, 0.2) is 18.2 Å². The smallest absolute Gasteiger partial charge is 0.309 e. The van der Waals surface area contributed by atoms with Crippen LogP contribution in [-0.4, -0.2) is 24.8 Å². The lowest BCUT2D eigenvalue weighted by Gasteiger charge is -2.39. The number of carbonyl (C=O) groups is 1. The van der Waals surface area contributed by atoms with E-state index in [2.05, 4.69) is 6.07 Å². The lowest BCUT2D eigenvalue weighted by molar-refractivity contribution is -0.150. The standard InChI is InChI=1S/C20H25NO4/c1-19(18(22)23)7-9-20(13-21,10-8-19)15-5-6-16(24-2)17(11-15)25-12-14-3-4-14/h5-6,11,14H,3-4,7-10,12H2,1-2H3,(H,22,23)/t19-,20+. The van der Waals surface area contributed by atoms with E-state index in [1.165, 1.54) is 12.8 Å². The minimum atomic E-state index is -0.776. The van der Waals surface area contributed by atoms with Gasteiger partial charge in [-0.1, -0.05) is 6.07 Å². The van der Waals surface area contributed by atoms with Gasteiger partial charge in [0.05, 0.1) is 30.6 Å². The molecule has 134 valence electrons. The van der Waals surface area contributed by atoms with Gasteiger partial charge in [0.2, 0.25) is 0 Å². The van der Waals surface area contributed by atoms with Crippen molar-refractivity contribution < 1.29 is 19.4 Å². The Bertz CT molecular complexity index is 694. The fraction of sp³-hybridized carbons (Fsp3) is 0.600. The molecule has 0 radical (unpaired) electrons. The first-order valence-electron chi connectivity index (χ1n) is 8.88. The Morgan fingerprint density at radius 3 is 2.48 bits per heavy atom. The summed E-state index contributed by atoms with van der Waals surface area (Å²) in [6, 6.07) is 8.13. The maximum atomic E-state index is 11.5. The van der Waals surface area contributed by atoms with Crippen LogP contribution in [0.4, 0.5) is 0 Å². The summed E-state index contributed by atoms with van der Waals surface area (Å²) in [5.74, 6) is 1.20. The highest BCUT2D eigenvalue weighted by atomic mass is 16.5. The van der Waals surface area contributed by atoms with Gasteiger partial charge in [0.25, 0.3) is 0 Å². The van der Waals surface area contributed by atoms with Crippen LogP contribution in [0.1, 0.15) is 51.0 Å². The maximum absolute atomic E-state index is 11.5. The summed E-state index contributed by atoms with van der Waals surface area (Å²) < 4.78 is 11.3. The monoisotopic (exact) mass is 343 g/mol. The molecule has 1 aromatic carbocycles. The second-order valence-corrected chi connectivity index (χ2v) is 7.68. The van der Waals surface area contributed by atoms with Crippen LogP contribution in [0.2, 0.25) is 0 Å². The maximum Gasteiger partial charge on any atom is 0.309 e. The summed E-state index contributed by atoms with van der Waals surface area (Å²) in [7, 11) is 1.61. The van der Waals surface area contributed by atoms with Gasteiger partial charge in [-0.25, -0.2) is 0 Å². The zero-order valence-electron chi connectivity index (χ0n) is 14.9. The minimum Gasteiger partial charge on any atom is -0.493 e. The summed E-state index contributed by atoms with van der Waals surface area (Å²) >= 11 is 0. The Balaban J connectivity index is 1.84. The van der Waals surface area contributed by atoms with E-state index in [0.717, 1.165) is 5.56 Å². The minimum absolute atomic E-state index is 0.500. The van der Waals surface area contributed by atoms with Crippen molar-refractivity contribution in [3.05, 3.63) is 23.8 Å². The first-order chi connectivity index (χ1) is 11.9. The zero-order chi connectivity index (χ0) is 18.1. The van der Waals surface area contributed by atoms with Crippen molar-refractivity contribution in [3.63, 3.8) is 0 Å². The summed E-state index contributed by atoms with van der Waals surface area (Å²) in [6.07, 6.45) is 4.50. The van der Waals surface area contributed by atoms with Gasteiger partial charge in [-0.2, -0.15) is 5.26 Å². The topological polar surface area (TPSA) is 79.5 Å². The van der Waals surface area contributed by atoms with Gasteiger partial charge < -0.3 is 14.6 Å². The number of nitrogens with zero attached hydrogens (tertiary/aromatic N) is 1. The lowest BCUT2D eigenvalue weighted by atomic mass is 9.62. The first kappa shape index (κ1) is 17.6. The summed E-state index contributed by atoms with van der Waals surface area (Å²) in [4.78, 5) is 11.5. The number of carboxylic acids is 1. The summed E-state index contributed by atoms with van der Waals surface area (Å²) in [5, 5.41) is 19.3. The number of carboxylic acid groups (broad SMARTS) is 1. The number of hydrogen-bond donors (Lipinski definition) is 1. The number of ether oxygens (including phenoxy) is 2. The van der Waals surface area contributed by atoms with Gasteiger partial charge in [0.15, 0.2) is 11.5 Å². The number of nitriles is 1. The molecule has 0 saturated heterocycles. The van der Waals surface area contributed by atoms with Crippen molar-refractivity contribution in [3.8, 4) is 17.6 Å². The van der Waals surface area contributed by atoms with E-state index in [4.69, 9.17) is 9.47 Å². The molecule has 3 rings (SSSR count). The molecule has 0 bridgehead atoms. The molecule has 5 heteroatoms. The number of aliphatic carboxylic acids is 1. The molecule has 25 heavy (non-hydrogen) atoms. The fourth-order valence-electron chi connectivity index (χ4n) is 3.49. The van der Waals surface area contributed by atoms with E-state index in [0.29, 0.717) is 49.7 Å². The van der Waals surface area contributed by atoms with Crippen molar-refractivity contribution in [1.82, 2.24) is 0 Å². The molecule has 2 aliphatic carbocycles. The third-order valence-corrected chi connectivity index (χ3v) is 5.83. The van der Waals surface area contributed by atoms with Crippen molar-refractivity contribution in [2.75, 3.05) is 13.7 Å². The first-order valence-corrected chi connectivity index (χ1v) is 8.88. The van der Waals surface area contributed by atoms with E-state index in [9.17, 15) is 15.2 Å². The van der Waals surface area contributed by atoms with Gasteiger partial charge >= 0.3 is 5.97 Å². The highest BCUT2D eigenvalue weighted by Gasteiger charge is 2.45. The van der Waals surface area contributed by atoms with Crippen molar-refractivity contribution in [1.29, 1.82) is 5.26 Å². The molecule has 0 atom stereocenters. The normalized spacial score (nSPS) is 28.8. The molecule has 0 unspecified atom stereocenters. The molecule has 0 spiro atoms. The van der Waals surface area contributed by atoms with E-state index in [1.807, 2.05) is 18.2 Å². The highest BCUT2D eigenvalue weighted by Crippen LogP contribution is 2.48. The molecular formula is C20H25NO4. The quantitative estimate of drug-likeness (QED) is 0.847. The Kier molecular flexibility index (Phi) is 4.64. The molecule has 0 aromatic heterocycles. The van der Waals surface area contributed by atoms with Gasteiger partial charge in [-0.05, 0) is 69.1 Å². The second-order valence-electron chi connectivity index (χ2n) is 7.68. The number of hydrogen-bond acceptors (Lipinski definition) is 4. The van der Waals surface area contributed by atoms with Crippen molar-refractivity contribution in [2.45, 2.75) is 50.9 Å². The van der Waals surface area contributed by atoms with Crippen molar-refractivity contribution in [2.24, 2.45) is 11.3 Å². The van der Waals surface area contributed by atoms with Crippen LogP contribution < -0.4 is 9.47 Å². The zero-order valence-corrected chi connectivity index (χ0v) is 14.9. The average molecular weight is 343 g/mol. The van der Waals surface area contributed by atoms with E-state index in [-0.39, 0.29) is 0 Å². The molecule has 0 aliphatic heterocycles. The van der Waals surface area contributed by atoms with Gasteiger partial charge in [-0.15, -0.1) is 0 Å². The largest absolute Gasteiger partial charge is 0.493 e. The van der Waals surface area contributed by atoms with E-state index in [1.54, 1.807) is 14.0 Å². The van der Waals surface area contributed by atoms with Gasteiger partial charge in [0, 0.05) is 0 Å². The lowest BCUT2D eigenvalue weighted by Crippen LogP contribution is -2.39. The van der Waals surface area contributed by atoms with Gasteiger partial charge in [-0.3, -0.25) is 4.79 Å². The SMILES string of the molecule is COc1ccc([C@]2(C#N)CC[C@](C)(C(=O)O)CC2)cc1OCC1CC1. The molecule has 2 aliphatic rings. The van der Waals surface area contributed by atoms with Crippen molar-refractivity contribution >= 4 is 5.97 Å². The molecule has 0 amide bonds. The Labute approximate surface area is 148 Å². The molecule has 1 N–H and O–H groups in total. The molecule has 2 fully saturated rings. The highest BCUT2D eigenvalue weighted by molar-refractivity contribution is 5.74. The number of benzene rings is 1. The summed E-state index contributed by atoms with van der Waals surface area (Å²) in [5.41, 5.74) is -0.495. The fourth-order valence-corrected chi connectivity index (χ4v) is 3.49. The Morgan fingerprint density at radius 2 is 1.96 bits per heavy atom. The van der Waals surface area contributed by atoms with Crippen LogP contribution in [0.25, 0.3) is 0 Å². The molecule has 1 aromatic rings. The average Bonchev–Trinajstić information content (AvgIpc) is 3.45. The van der Waals surface area contributed by atoms with Gasteiger partial charge in [0.1, 0.15) is 0 Å². The molecular weight excluding hydrogens is 318 g/mol. The number of rotatable bonds is 6. The van der Waals surface area contributed by atoms with E-state index >= 15 is 0 Å². The predicted octanol–water partition coefficient (Wildman–Crippen LogP) is 3.91. The van der Waals surface area contributed by atoms with Crippen LogP contribution in [0.3, 0.4) is 0 Å². The number of methoxy groups -OCH3 is 1. The Hall–Kier alpha value is -2.22. The molecule has 0 heterocycles. The predicted molar refractivity (Wildman–Crippen MR) is 92.7 cm³/mol. The molecule has 2 saturated carbocycles. The Morgan fingerprint density at radius 1 is 1.28 bits per heavy atom.